The molecule has 0 radical (unpaired) electrons. The topological polar surface area (TPSA) is 88.9 Å². The van der Waals surface area contributed by atoms with E-state index in [2.05, 4.69) is 20.7 Å². The van der Waals surface area contributed by atoms with Crippen LogP contribution in [0.2, 0.25) is 0 Å². The van der Waals surface area contributed by atoms with Gasteiger partial charge in [0.2, 0.25) is 5.91 Å². The van der Waals surface area contributed by atoms with Gasteiger partial charge in [0.05, 0.1) is 17.9 Å². The zero-order valence-corrected chi connectivity index (χ0v) is 17.3. The fourth-order valence-electron chi connectivity index (χ4n) is 2.89. The molecule has 9 heteroatoms. The number of anilines is 1. The molecule has 31 heavy (non-hydrogen) atoms. The van der Waals surface area contributed by atoms with E-state index in [-0.39, 0.29) is 24.2 Å². The fourth-order valence-corrected chi connectivity index (χ4v) is 3.88. The number of nitrogens with one attached hydrogen (secondary N) is 2. The Bertz CT molecular complexity index is 1200. The Kier molecular flexibility index (Phi) is 5.85. The number of amides is 2. The van der Waals surface area contributed by atoms with Crippen LogP contribution in [0.15, 0.2) is 67.0 Å². The summed E-state index contributed by atoms with van der Waals surface area (Å²) in [5.41, 5.74) is 2.76. The number of rotatable bonds is 6. The molecule has 4 aromatic rings. The lowest BCUT2D eigenvalue weighted by Crippen LogP contribution is -2.32. The van der Waals surface area contributed by atoms with Crippen molar-refractivity contribution in [2.75, 3.05) is 11.9 Å². The van der Waals surface area contributed by atoms with Crippen LogP contribution in [0.5, 0.6) is 0 Å². The summed E-state index contributed by atoms with van der Waals surface area (Å²) in [7, 11) is 0. The minimum absolute atomic E-state index is 0.178. The molecule has 0 fully saturated rings. The minimum Gasteiger partial charge on any atom is -0.342 e. The van der Waals surface area contributed by atoms with Gasteiger partial charge < -0.3 is 10.6 Å². The maximum absolute atomic E-state index is 13.1. The maximum Gasteiger partial charge on any atom is 0.263 e. The third-order valence-corrected chi connectivity index (χ3v) is 5.63. The lowest BCUT2D eigenvalue weighted by molar-refractivity contribution is -0.115. The maximum atomic E-state index is 13.1. The summed E-state index contributed by atoms with van der Waals surface area (Å²) in [4.78, 5) is 29.5. The van der Waals surface area contributed by atoms with E-state index >= 15 is 0 Å². The number of benzene rings is 2. The summed E-state index contributed by atoms with van der Waals surface area (Å²) < 4.78 is 14.8. The van der Waals surface area contributed by atoms with Crippen LogP contribution < -0.4 is 10.6 Å². The number of hydrogen-bond acceptors (Lipinski definition) is 5. The first-order chi connectivity index (χ1) is 15.0. The summed E-state index contributed by atoms with van der Waals surface area (Å²) in [6, 6.07) is 14.9. The number of carbonyl (C=O) groups is 2. The molecule has 2 heterocycles. The van der Waals surface area contributed by atoms with Crippen LogP contribution in [0.3, 0.4) is 0 Å². The van der Waals surface area contributed by atoms with Crippen molar-refractivity contribution in [2.45, 2.75) is 6.92 Å². The highest BCUT2D eigenvalue weighted by Gasteiger charge is 2.17. The van der Waals surface area contributed by atoms with E-state index in [1.54, 1.807) is 42.1 Å². The Balaban J connectivity index is 1.34. The zero-order valence-electron chi connectivity index (χ0n) is 16.5. The molecule has 0 saturated heterocycles. The predicted octanol–water partition coefficient (Wildman–Crippen LogP) is 3.81. The second-order valence-corrected chi connectivity index (χ2v) is 7.67. The van der Waals surface area contributed by atoms with Gasteiger partial charge in [0, 0.05) is 23.6 Å². The van der Waals surface area contributed by atoms with E-state index in [0.717, 1.165) is 11.3 Å². The molecule has 0 spiro atoms. The molecule has 7 nitrogen and oxygen atoms in total. The summed E-state index contributed by atoms with van der Waals surface area (Å²) in [6.45, 7) is 1.54. The second-order valence-electron chi connectivity index (χ2n) is 6.67. The SMILES string of the molecule is Cc1nc(-c2ccc(F)cc2)sc1C(=O)NCC(=O)Nc1ccc(-n2cccn2)cc1. The highest BCUT2D eigenvalue weighted by molar-refractivity contribution is 7.17. The van der Waals surface area contributed by atoms with Crippen molar-refractivity contribution in [3.8, 4) is 16.3 Å². The van der Waals surface area contributed by atoms with Crippen LogP contribution in [-0.2, 0) is 4.79 Å². The van der Waals surface area contributed by atoms with Crippen LogP contribution in [0.25, 0.3) is 16.3 Å². The molecule has 0 saturated carbocycles. The van der Waals surface area contributed by atoms with Gasteiger partial charge in [-0.2, -0.15) is 5.10 Å². The van der Waals surface area contributed by atoms with Crippen molar-refractivity contribution in [3.05, 3.63) is 83.4 Å². The van der Waals surface area contributed by atoms with Gasteiger partial charge >= 0.3 is 0 Å². The van der Waals surface area contributed by atoms with Crippen molar-refractivity contribution >= 4 is 28.8 Å². The molecule has 156 valence electrons. The van der Waals surface area contributed by atoms with Gasteiger partial charge in [-0.1, -0.05) is 0 Å². The van der Waals surface area contributed by atoms with Crippen LogP contribution in [0.4, 0.5) is 10.1 Å². The number of aromatic nitrogens is 3. The first-order valence-electron chi connectivity index (χ1n) is 9.41. The second kappa shape index (κ2) is 8.88. The Morgan fingerprint density at radius 2 is 1.84 bits per heavy atom. The molecular formula is C22H18FN5O2S. The number of carbonyl (C=O) groups excluding carboxylic acids is 2. The third-order valence-electron chi connectivity index (χ3n) is 4.42. The number of hydrogen-bond donors (Lipinski definition) is 2. The summed E-state index contributed by atoms with van der Waals surface area (Å²) in [6.07, 6.45) is 3.51. The first-order valence-corrected chi connectivity index (χ1v) is 10.2. The smallest absolute Gasteiger partial charge is 0.263 e. The van der Waals surface area contributed by atoms with Gasteiger partial charge in [0.1, 0.15) is 15.7 Å². The average Bonchev–Trinajstić information content (AvgIpc) is 3.43. The van der Waals surface area contributed by atoms with E-state index in [1.165, 1.54) is 23.5 Å². The average molecular weight is 435 g/mol. The van der Waals surface area contributed by atoms with Gasteiger partial charge in [0.25, 0.3) is 5.91 Å². The molecule has 0 aliphatic carbocycles. The quantitative estimate of drug-likeness (QED) is 0.482. The van der Waals surface area contributed by atoms with Gasteiger partial charge in [-0.05, 0) is 61.5 Å². The predicted molar refractivity (Wildman–Crippen MR) is 117 cm³/mol. The number of aryl methyl sites for hydroxylation is 1. The van der Waals surface area contributed by atoms with Crippen LogP contribution >= 0.6 is 11.3 Å². The highest BCUT2D eigenvalue weighted by Crippen LogP contribution is 2.28. The third kappa shape index (κ3) is 4.84. The monoisotopic (exact) mass is 435 g/mol. The summed E-state index contributed by atoms with van der Waals surface area (Å²) >= 11 is 1.20. The van der Waals surface area contributed by atoms with Crippen LogP contribution in [0, 0.1) is 12.7 Å². The number of thiazole rings is 1. The molecule has 0 aliphatic heterocycles. The Morgan fingerprint density at radius 1 is 1.10 bits per heavy atom. The Morgan fingerprint density at radius 3 is 2.52 bits per heavy atom. The Hall–Kier alpha value is -3.85. The van der Waals surface area contributed by atoms with Crippen molar-refractivity contribution < 1.29 is 14.0 Å². The summed E-state index contributed by atoms with van der Waals surface area (Å²) in [5.74, 6) is -1.06. The first kappa shape index (κ1) is 20.4. The summed E-state index contributed by atoms with van der Waals surface area (Å²) in [5, 5.41) is 10.1. The lowest BCUT2D eigenvalue weighted by Gasteiger charge is -2.08. The van der Waals surface area contributed by atoms with Crippen molar-refractivity contribution in [1.82, 2.24) is 20.1 Å². The molecule has 0 unspecified atom stereocenters. The van der Waals surface area contributed by atoms with E-state index in [0.29, 0.717) is 21.3 Å². The van der Waals surface area contributed by atoms with Gasteiger partial charge in [0.15, 0.2) is 0 Å². The molecule has 2 amide bonds. The van der Waals surface area contributed by atoms with Crippen LogP contribution in [0.1, 0.15) is 15.4 Å². The normalized spacial score (nSPS) is 10.6. The van der Waals surface area contributed by atoms with Crippen molar-refractivity contribution in [2.24, 2.45) is 0 Å². The molecule has 2 N–H and O–H groups in total. The minimum atomic E-state index is -0.382. The molecule has 0 aliphatic rings. The van der Waals surface area contributed by atoms with E-state index in [9.17, 15) is 14.0 Å². The van der Waals surface area contributed by atoms with Gasteiger partial charge in [-0.15, -0.1) is 11.3 Å². The van der Waals surface area contributed by atoms with E-state index < -0.39 is 0 Å². The standard InChI is InChI=1S/C22H18FN5O2S/c1-14-20(31-22(26-14)15-3-5-16(23)6-4-15)21(30)24-13-19(29)27-17-7-9-18(10-8-17)28-12-2-11-25-28/h2-12H,13H2,1H3,(H,24,30)(H,27,29). The lowest BCUT2D eigenvalue weighted by atomic mass is 10.2. The molecule has 0 atom stereocenters. The highest BCUT2D eigenvalue weighted by atomic mass is 32.1. The van der Waals surface area contributed by atoms with E-state index in [1.807, 2.05) is 24.4 Å². The van der Waals surface area contributed by atoms with Gasteiger partial charge in [-0.3, -0.25) is 9.59 Å². The van der Waals surface area contributed by atoms with Crippen LogP contribution in [-0.4, -0.2) is 33.1 Å². The van der Waals surface area contributed by atoms with Gasteiger partial charge in [-0.25, -0.2) is 14.1 Å². The molecule has 0 bridgehead atoms. The van der Waals surface area contributed by atoms with Crippen molar-refractivity contribution in [1.29, 1.82) is 0 Å². The van der Waals surface area contributed by atoms with E-state index in [4.69, 9.17) is 0 Å². The van der Waals surface area contributed by atoms with Crippen molar-refractivity contribution in [3.63, 3.8) is 0 Å². The number of halogens is 1. The largest absolute Gasteiger partial charge is 0.342 e. The molecule has 4 rings (SSSR count). The Labute approximate surface area is 181 Å². The molecular weight excluding hydrogens is 417 g/mol. The molecule has 2 aromatic heterocycles. The molecule has 2 aromatic carbocycles. The fraction of sp³-hybridized carbons (Fsp3) is 0.0909. The number of nitrogens with zero attached hydrogens (tertiary/aromatic N) is 3. The zero-order chi connectivity index (χ0) is 21.8.